The number of aliphatic hydroxyl groups is 1. The molecule has 2 N–H and O–H groups in total. The number of fused-ring (bicyclic) bond motifs is 1. The molecule has 2 aliphatic rings. The van der Waals surface area contributed by atoms with E-state index in [0.29, 0.717) is 38.0 Å². The van der Waals surface area contributed by atoms with Crippen molar-refractivity contribution >= 4 is 11.7 Å². The fraction of sp³-hybridized carbons (Fsp3) is 0.833. The topological polar surface area (TPSA) is 70.4 Å². The molecule has 4 nitrogen and oxygen atoms in total. The molecule has 0 aliphatic heterocycles. The maximum absolute atomic E-state index is 12.1. The Morgan fingerprint density at radius 3 is 2.81 bits per heavy atom. The van der Waals surface area contributed by atoms with E-state index in [-0.39, 0.29) is 5.97 Å². The molecule has 90 valence electrons. The summed E-state index contributed by atoms with van der Waals surface area (Å²) in [7, 11) is 0. The molecule has 0 aromatic heterocycles. The number of hydrogen-bond donors (Lipinski definition) is 2. The van der Waals surface area contributed by atoms with Gasteiger partial charge in [-0.2, -0.15) is 0 Å². The lowest BCUT2D eigenvalue weighted by molar-refractivity contribution is -0.171. The summed E-state index contributed by atoms with van der Waals surface area (Å²) in [4.78, 5) is 12.1. The molecule has 2 aliphatic carbocycles. The summed E-state index contributed by atoms with van der Waals surface area (Å²) in [5.74, 6) is -0.306. The first-order valence-electron chi connectivity index (χ1n) is 6.04. The first-order valence-corrected chi connectivity index (χ1v) is 6.04. The lowest BCUT2D eigenvalue weighted by Gasteiger charge is -2.43. The van der Waals surface area contributed by atoms with Crippen molar-refractivity contribution in [2.45, 2.75) is 51.0 Å². The van der Waals surface area contributed by atoms with E-state index in [2.05, 4.69) is 0 Å². The van der Waals surface area contributed by atoms with E-state index >= 15 is 0 Å². The first-order chi connectivity index (χ1) is 7.57. The second kappa shape index (κ2) is 3.84. The Morgan fingerprint density at radius 2 is 2.12 bits per heavy atom. The van der Waals surface area contributed by atoms with Gasteiger partial charge in [0.2, 0.25) is 0 Å². The van der Waals surface area contributed by atoms with Crippen LogP contribution in [-0.2, 0) is 9.53 Å². The quantitative estimate of drug-likeness (QED) is 0.702. The van der Waals surface area contributed by atoms with Gasteiger partial charge in [0, 0.05) is 5.71 Å². The average molecular weight is 225 g/mol. The second-order valence-corrected chi connectivity index (χ2v) is 4.85. The molecule has 0 aromatic rings. The standard InChI is InChI=1S/C12H19NO3/c1-2-16-10(14)11-6-3-4-7-12(11,15)9(13)5-8-11/h13,15H,2-8H2,1H3. The predicted octanol–water partition coefficient (Wildman–Crippen LogP) is 1.65. The Hall–Kier alpha value is -0.900. The molecule has 4 heteroatoms. The van der Waals surface area contributed by atoms with Gasteiger partial charge in [-0.05, 0) is 32.6 Å². The molecular weight excluding hydrogens is 206 g/mol. The number of carbonyl (C=O) groups excluding carboxylic acids is 1. The molecule has 2 atom stereocenters. The molecule has 0 radical (unpaired) electrons. The van der Waals surface area contributed by atoms with Crippen molar-refractivity contribution in [3.8, 4) is 0 Å². The normalized spacial score (nSPS) is 38.2. The van der Waals surface area contributed by atoms with Crippen LogP contribution >= 0.6 is 0 Å². The fourth-order valence-electron chi connectivity index (χ4n) is 3.21. The van der Waals surface area contributed by atoms with Crippen LogP contribution in [0.25, 0.3) is 0 Å². The summed E-state index contributed by atoms with van der Waals surface area (Å²) in [5.41, 5.74) is -1.73. The van der Waals surface area contributed by atoms with E-state index in [9.17, 15) is 9.90 Å². The van der Waals surface area contributed by atoms with Gasteiger partial charge in [0.15, 0.2) is 0 Å². The van der Waals surface area contributed by atoms with E-state index < -0.39 is 11.0 Å². The Balaban J connectivity index is 2.35. The summed E-state index contributed by atoms with van der Waals surface area (Å²) < 4.78 is 5.10. The fourth-order valence-corrected chi connectivity index (χ4v) is 3.21. The summed E-state index contributed by atoms with van der Waals surface area (Å²) in [6.07, 6.45) is 4.11. The van der Waals surface area contributed by atoms with Gasteiger partial charge in [0.1, 0.15) is 11.0 Å². The van der Waals surface area contributed by atoms with Crippen LogP contribution in [0, 0.1) is 10.8 Å². The molecule has 2 saturated carbocycles. The number of nitrogens with one attached hydrogen (secondary N) is 1. The largest absolute Gasteiger partial charge is 0.465 e. The summed E-state index contributed by atoms with van der Waals surface area (Å²) in [5, 5.41) is 18.5. The van der Waals surface area contributed by atoms with Crippen LogP contribution in [0.3, 0.4) is 0 Å². The van der Waals surface area contributed by atoms with Crippen molar-refractivity contribution in [3.05, 3.63) is 0 Å². The zero-order valence-electron chi connectivity index (χ0n) is 9.71. The van der Waals surface area contributed by atoms with Gasteiger partial charge in [-0.25, -0.2) is 0 Å². The Morgan fingerprint density at radius 1 is 1.44 bits per heavy atom. The van der Waals surface area contributed by atoms with E-state index in [4.69, 9.17) is 10.1 Å². The SMILES string of the molecule is CCOC(=O)C12CCCCC1(O)C(=N)CC2. The number of carbonyl (C=O) groups is 1. The minimum atomic E-state index is -1.22. The molecule has 2 rings (SSSR count). The third kappa shape index (κ3) is 1.32. The van der Waals surface area contributed by atoms with Gasteiger partial charge >= 0.3 is 5.97 Å². The van der Waals surface area contributed by atoms with Gasteiger partial charge in [0.25, 0.3) is 0 Å². The number of ether oxygens (including phenoxy) is 1. The first kappa shape index (κ1) is 11.6. The van der Waals surface area contributed by atoms with Gasteiger partial charge < -0.3 is 15.3 Å². The Kier molecular flexibility index (Phi) is 2.78. The zero-order chi connectivity index (χ0) is 11.8. The van der Waals surface area contributed by atoms with Crippen molar-refractivity contribution in [1.29, 1.82) is 5.41 Å². The Labute approximate surface area is 95.5 Å². The minimum absolute atomic E-state index is 0.306. The molecule has 0 bridgehead atoms. The van der Waals surface area contributed by atoms with Gasteiger partial charge in [-0.1, -0.05) is 12.8 Å². The third-order valence-electron chi connectivity index (χ3n) is 4.15. The molecular formula is C12H19NO3. The predicted molar refractivity (Wildman–Crippen MR) is 59.4 cm³/mol. The number of hydrogen-bond acceptors (Lipinski definition) is 4. The summed E-state index contributed by atoms with van der Waals surface area (Å²) in [6, 6.07) is 0. The van der Waals surface area contributed by atoms with Crippen LogP contribution in [0.5, 0.6) is 0 Å². The van der Waals surface area contributed by atoms with Crippen LogP contribution in [0.4, 0.5) is 0 Å². The van der Waals surface area contributed by atoms with Crippen molar-refractivity contribution in [2.24, 2.45) is 5.41 Å². The van der Waals surface area contributed by atoms with Crippen molar-refractivity contribution in [2.75, 3.05) is 6.61 Å². The number of esters is 1. The van der Waals surface area contributed by atoms with E-state index in [1.807, 2.05) is 0 Å². The van der Waals surface area contributed by atoms with Gasteiger partial charge in [0.05, 0.1) is 6.61 Å². The second-order valence-electron chi connectivity index (χ2n) is 4.85. The van der Waals surface area contributed by atoms with Gasteiger partial charge in [-0.15, -0.1) is 0 Å². The smallest absolute Gasteiger partial charge is 0.315 e. The zero-order valence-corrected chi connectivity index (χ0v) is 9.71. The van der Waals surface area contributed by atoms with Crippen molar-refractivity contribution in [3.63, 3.8) is 0 Å². The maximum atomic E-state index is 12.1. The minimum Gasteiger partial charge on any atom is -0.465 e. The van der Waals surface area contributed by atoms with Crippen LogP contribution < -0.4 is 0 Å². The lowest BCUT2D eigenvalue weighted by atomic mass is 9.64. The molecule has 0 saturated heterocycles. The lowest BCUT2D eigenvalue weighted by Crippen LogP contribution is -2.55. The summed E-state index contributed by atoms with van der Waals surface area (Å²) >= 11 is 0. The van der Waals surface area contributed by atoms with Crippen molar-refractivity contribution < 1.29 is 14.6 Å². The molecule has 2 unspecified atom stereocenters. The molecule has 0 aromatic carbocycles. The Bertz CT molecular complexity index is 328. The highest BCUT2D eigenvalue weighted by atomic mass is 16.5. The van der Waals surface area contributed by atoms with Crippen LogP contribution in [0.2, 0.25) is 0 Å². The van der Waals surface area contributed by atoms with E-state index in [1.54, 1.807) is 6.92 Å². The summed E-state index contributed by atoms with van der Waals surface area (Å²) in [6.45, 7) is 2.11. The van der Waals surface area contributed by atoms with Crippen LogP contribution in [-0.4, -0.2) is 29.0 Å². The number of rotatable bonds is 2. The monoisotopic (exact) mass is 225 g/mol. The molecule has 2 fully saturated rings. The highest BCUT2D eigenvalue weighted by Crippen LogP contribution is 2.54. The molecule has 0 amide bonds. The van der Waals surface area contributed by atoms with Crippen LogP contribution in [0.15, 0.2) is 0 Å². The highest BCUT2D eigenvalue weighted by Gasteiger charge is 2.63. The van der Waals surface area contributed by atoms with Gasteiger partial charge in [-0.3, -0.25) is 4.79 Å². The average Bonchev–Trinajstić information content (AvgIpc) is 2.54. The van der Waals surface area contributed by atoms with E-state index in [1.165, 1.54) is 0 Å². The highest BCUT2D eigenvalue weighted by molar-refractivity contribution is 6.00. The molecule has 0 spiro atoms. The molecule has 16 heavy (non-hydrogen) atoms. The van der Waals surface area contributed by atoms with Crippen molar-refractivity contribution in [1.82, 2.24) is 0 Å². The molecule has 0 heterocycles. The maximum Gasteiger partial charge on any atom is 0.315 e. The third-order valence-corrected chi connectivity index (χ3v) is 4.15. The van der Waals surface area contributed by atoms with Crippen LogP contribution in [0.1, 0.15) is 45.4 Å². The van der Waals surface area contributed by atoms with E-state index in [0.717, 1.165) is 12.8 Å².